The summed E-state index contributed by atoms with van der Waals surface area (Å²) in [7, 11) is 0. The molecule has 0 saturated heterocycles. The van der Waals surface area contributed by atoms with Crippen molar-refractivity contribution in [3.63, 3.8) is 0 Å². The number of carboxylic acids is 1. The fraction of sp³-hybridized carbons (Fsp3) is 0.667. The Bertz CT molecular complexity index is 197. The molecule has 0 heterocycles. The van der Waals surface area contributed by atoms with Gasteiger partial charge in [0.15, 0.2) is 6.29 Å². The van der Waals surface area contributed by atoms with Crippen LogP contribution in [0.2, 0.25) is 0 Å². The SMILES string of the molecule is O=C[C@H](O)[C@@H](O)[C@H](O)[C@H](O)C(=O)[O-].[Cs+]. The van der Waals surface area contributed by atoms with Gasteiger partial charge in [0.05, 0.1) is 5.97 Å². The van der Waals surface area contributed by atoms with E-state index in [1.165, 1.54) is 0 Å². The first-order valence-electron chi connectivity index (χ1n) is 3.30. The summed E-state index contributed by atoms with van der Waals surface area (Å²) in [6.07, 6.45) is -8.65. The quantitative estimate of drug-likeness (QED) is 0.368. The molecule has 14 heavy (non-hydrogen) atoms. The third kappa shape index (κ3) is 5.21. The number of aliphatic hydroxyl groups is 4. The molecule has 0 aromatic rings. The van der Waals surface area contributed by atoms with Crippen LogP contribution < -0.4 is 74.0 Å². The van der Waals surface area contributed by atoms with Crippen LogP contribution in [0.3, 0.4) is 0 Å². The van der Waals surface area contributed by atoms with Crippen molar-refractivity contribution in [1.29, 1.82) is 0 Å². The average molecular weight is 326 g/mol. The molecule has 0 aliphatic carbocycles. The van der Waals surface area contributed by atoms with Gasteiger partial charge in [0.2, 0.25) is 0 Å². The van der Waals surface area contributed by atoms with E-state index in [0.717, 1.165) is 0 Å². The van der Waals surface area contributed by atoms with E-state index in [1.807, 2.05) is 0 Å². The minimum absolute atomic E-state index is 0. The summed E-state index contributed by atoms with van der Waals surface area (Å²) in [5.41, 5.74) is 0. The van der Waals surface area contributed by atoms with Gasteiger partial charge in [-0.3, -0.25) is 0 Å². The molecule has 0 aromatic carbocycles. The van der Waals surface area contributed by atoms with Gasteiger partial charge in [-0.15, -0.1) is 0 Å². The van der Waals surface area contributed by atoms with Crippen molar-refractivity contribution in [2.75, 3.05) is 0 Å². The van der Waals surface area contributed by atoms with E-state index in [9.17, 15) is 14.7 Å². The molecule has 0 unspecified atom stereocenters. The molecule has 0 aromatic heterocycles. The number of rotatable bonds is 5. The van der Waals surface area contributed by atoms with Crippen LogP contribution in [0, 0.1) is 0 Å². The maximum atomic E-state index is 9.95. The number of hydrogen-bond donors (Lipinski definition) is 4. The van der Waals surface area contributed by atoms with Crippen molar-refractivity contribution in [3.05, 3.63) is 0 Å². The molecule has 76 valence electrons. The summed E-state index contributed by atoms with van der Waals surface area (Å²) in [5.74, 6) is -2.01. The van der Waals surface area contributed by atoms with E-state index in [4.69, 9.17) is 20.4 Å². The van der Waals surface area contributed by atoms with Crippen molar-refractivity contribution in [2.45, 2.75) is 24.4 Å². The molecule has 0 spiro atoms. The summed E-state index contributed by atoms with van der Waals surface area (Å²) in [6, 6.07) is 0. The van der Waals surface area contributed by atoms with Crippen LogP contribution in [-0.4, -0.2) is 57.1 Å². The first-order chi connectivity index (χ1) is 5.91. The Labute approximate surface area is 138 Å². The molecule has 4 atom stereocenters. The van der Waals surface area contributed by atoms with E-state index < -0.39 is 30.4 Å². The van der Waals surface area contributed by atoms with Crippen molar-refractivity contribution >= 4 is 12.3 Å². The standard InChI is InChI=1S/C6H10O7.Cs/c7-1-2(8)3(9)4(10)5(11)6(12)13;/h1-5,8-11H,(H,12,13);/q;+1/p-1/t2-,3+,4-,5-;/m0./s1. The maximum Gasteiger partial charge on any atom is 1.00 e. The van der Waals surface area contributed by atoms with Crippen LogP contribution in [0.5, 0.6) is 0 Å². The molecular formula is C6H9CsO7. The number of carbonyl (C=O) groups is 2. The number of aldehydes is 1. The van der Waals surface area contributed by atoms with Crippen LogP contribution in [0.15, 0.2) is 0 Å². The molecule has 0 amide bonds. The maximum absolute atomic E-state index is 9.95. The van der Waals surface area contributed by atoms with Crippen molar-refractivity contribution in [1.82, 2.24) is 0 Å². The smallest absolute Gasteiger partial charge is 0.547 e. The molecule has 0 bridgehead atoms. The van der Waals surface area contributed by atoms with Gasteiger partial charge in [-0.05, 0) is 0 Å². The van der Waals surface area contributed by atoms with Gasteiger partial charge in [-0.1, -0.05) is 0 Å². The summed E-state index contributed by atoms with van der Waals surface area (Å²) >= 11 is 0. The Kier molecular flexibility index (Phi) is 10.2. The molecular weight excluding hydrogens is 317 g/mol. The molecule has 0 aliphatic rings. The Morgan fingerprint density at radius 1 is 1.14 bits per heavy atom. The van der Waals surface area contributed by atoms with Crippen molar-refractivity contribution < 1.29 is 104 Å². The zero-order valence-electron chi connectivity index (χ0n) is 7.40. The number of hydrogen-bond acceptors (Lipinski definition) is 7. The second-order valence-corrected chi connectivity index (χ2v) is 2.37. The Morgan fingerprint density at radius 3 is 1.86 bits per heavy atom. The number of carboxylic acid groups (broad SMARTS) is 1. The fourth-order valence-electron chi connectivity index (χ4n) is 0.609. The predicted molar refractivity (Wildman–Crippen MR) is 35.1 cm³/mol. The normalized spacial score (nSPS) is 18.6. The van der Waals surface area contributed by atoms with Gasteiger partial charge >= 0.3 is 68.9 Å². The molecule has 7 nitrogen and oxygen atoms in total. The van der Waals surface area contributed by atoms with Gasteiger partial charge in [0.1, 0.15) is 24.4 Å². The summed E-state index contributed by atoms with van der Waals surface area (Å²) in [5, 5.41) is 44.8. The Morgan fingerprint density at radius 2 is 1.57 bits per heavy atom. The number of aliphatic carboxylic acids is 1. The fourth-order valence-corrected chi connectivity index (χ4v) is 0.609. The topological polar surface area (TPSA) is 138 Å². The molecule has 4 N–H and O–H groups in total. The van der Waals surface area contributed by atoms with Crippen molar-refractivity contribution in [3.8, 4) is 0 Å². The number of carbonyl (C=O) groups excluding carboxylic acids is 2. The van der Waals surface area contributed by atoms with Gasteiger partial charge in [0.25, 0.3) is 0 Å². The monoisotopic (exact) mass is 326 g/mol. The molecule has 0 fully saturated rings. The second-order valence-electron chi connectivity index (χ2n) is 2.37. The molecule has 0 aliphatic heterocycles. The van der Waals surface area contributed by atoms with Crippen LogP contribution >= 0.6 is 0 Å². The Hall–Kier alpha value is 1.03. The summed E-state index contributed by atoms with van der Waals surface area (Å²) in [4.78, 5) is 19.8. The van der Waals surface area contributed by atoms with Gasteiger partial charge in [-0.25, -0.2) is 0 Å². The molecule has 0 saturated carbocycles. The molecule has 8 heteroatoms. The van der Waals surface area contributed by atoms with Gasteiger partial charge in [0, 0.05) is 0 Å². The van der Waals surface area contributed by atoms with E-state index >= 15 is 0 Å². The van der Waals surface area contributed by atoms with E-state index in [2.05, 4.69) is 0 Å². The molecule has 0 radical (unpaired) electrons. The van der Waals surface area contributed by atoms with Gasteiger partial charge in [-0.2, -0.15) is 0 Å². The largest absolute Gasteiger partial charge is 1.00 e. The minimum Gasteiger partial charge on any atom is -0.547 e. The third-order valence-corrected chi connectivity index (χ3v) is 1.40. The first kappa shape index (κ1) is 17.4. The van der Waals surface area contributed by atoms with Crippen molar-refractivity contribution in [2.24, 2.45) is 0 Å². The zero-order valence-corrected chi connectivity index (χ0v) is 13.7. The second kappa shape index (κ2) is 8.22. The van der Waals surface area contributed by atoms with Crippen LogP contribution in [0.4, 0.5) is 0 Å². The van der Waals surface area contributed by atoms with Gasteiger partial charge < -0.3 is 35.1 Å². The first-order valence-corrected chi connectivity index (χ1v) is 3.30. The van der Waals surface area contributed by atoms with E-state index in [1.54, 1.807) is 0 Å². The van der Waals surface area contributed by atoms with Crippen LogP contribution in [-0.2, 0) is 9.59 Å². The van der Waals surface area contributed by atoms with Crippen LogP contribution in [0.1, 0.15) is 0 Å². The zero-order chi connectivity index (χ0) is 10.6. The van der Waals surface area contributed by atoms with E-state index in [0.29, 0.717) is 0 Å². The molecule has 0 rings (SSSR count). The minimum atomic E-state index is -2.36. The average Bonchev–Trinajstić information content (AvgIpc) is 2.12. The van der Waals surface area contributed by atoms with E-state index in [-0.39, 0.29) is 75.2 Å². The summed E-state index contributed by atoms with van der Waals surface area (Å²) in [6.45, 7) is 0. The van der Waals surface area contributed by atoms with Crippen LogP contribution in [0.25, 0.3) is 0 Å². The number of aliphatic hydroxyl groups excluding tert-OH is 4. The predicted octanol–water partition coefficient (Wildman–Crippen LogP) is -7.62. The third-order valence-electron chi connectivity index (χ3n) is 1.40. The summed E-state index contributed by atoms with van der Waals surface area (Å²) < 4.78 is 0. The Balaban J connectivity index is 0.